The second-order valence-corrected chi connectivity index (χ2v) is 6.60. The molecular weight excluding hydrogens is 346 g/mol. The Bertz CT molecular complexity index is 1030. The molecule has 3 aromatic heterocycles. The molecular formula is C23H21N5. The van der Waals surface area contributed by atoms with Crippen molar-refractivity contribution in [3.8, 4) is 22.4 Å². The second kappa shape index (κ2) is 8.39. The number of benzene rings is 1. The summed E-state index contributed by atoms with van der Waals surface area (Å²) in [5, 5.41) is 3.33. The van der Waals surface area contributed by atoms with Crippen molar-refractivity contribution in [3.05, 3.63) is 90.6 Å². The van der Waals surface area contributed by atoms with Crippen LogP contribution in [0.4, 0.5) is 5.95 Å². The molecule has 0 aliphatic rings. The molecule has 0 atom stereocenters. The zero-order valence-electron chi connectivity index (χ0n) is 15.7. The summed E-state index contributed by atoms with van der Waals surface area (Å²) < 4.78 is 0. The maximum Gasteiger partial charge on any atom is 0.223 e. The summed E-state index contributed by atoms with van der Waals surface area (Å²) in [6, 6.07) is 16.4. The average molecular weight is 367 g/mol. The van der Waals surface area contributed by atoms with Gasteiger partial charge in [-0.2, -0.15) is 0 Å². The van der Waals surface area contributed by atoms with Gasteiger partial charge in [0.25, 0.3) is 0 Å². The van der Waals surface area contributed by atoms with E-state index in [0.717, 1.165) is 35.3 Å². The highest BCUT2D eigenvalue weighted by molar-refractivity contribution is 5.80. The van der Waals surface area contributed by atoms with E-state index >= 15 is 0 Å². The van der Waals surface area contributed by atoms with E-state index in [1.165, 1.54) is 11.1 Å². The molecule has 5 nitrogen and oxygen atoms in total. The maximum absolute atomic E-state index is 4.82. The van der Waals surface area contributed by atoms with Crippen LogP contribution < -0.4 is 5.32 Å². The minimum atomic E-state index is 0.622. The summed E-state index contributed by atoms with van der Waals surface area (Å²) in [6.45, 7) is 2.83. The molecule has 4 aromatic rings. The highest BCUT2D eigenvalue weighted by atomic mass is 15.1. The highest BCUT2D eigenvalue weighted by Crippen LogP contribution is 2.30. The van der Waals surface area contributed by atoms with Crippen LogP contribution in [0.5, 0.6) is 0 Å². The second-order valence-electron chi connectivity index (χ2n) is 6.60. The number of hydrogen-bond acceptors (Lipinski definition) is 5. The van der Waals surface area contributed by atoms with Gasteiger partial charge >= 0.3 is 0 Å². The van der Waals surface area contributed by atoms with Crippen molar-refractivity contribution < 1.29 is 0 Å². The summed E-state index contributed by atoms with van der Waals surface area (Å²) in [6.07, 6.45) is 9.98. The van der Waals surface area contributed by atoms with Gasteiger partial charge in [0.1, 0.15) is 0 Å². The Morgan fingerprint density at radius 1 is 0.821 bits per heavy atom. The van der Waals surface area contributed by atoms with Crippen LogP contribution in [0, 0.1) is 6.92 Å². The summed E-state index contributed by atoms with van der Waals surface area (Å²) in [5.74, 6) is 0.622. The molecule has 0 saturated carbocycles. The maximum atomic E-state index is 4.82. The molecule has 0 radical (unpaired) electrons. The van der Waals surface area contributed by atoms with Crippen molar-refractivity contribution in [2.45, 2.75) is 13.3 Å². The van der Waals surface area contributed by atoms with Crippen LogP contribution in [0.3, 0.4) is 0 Å². The molecule has 138 valence electrons. The lowest BCUT2D eigenvalue weighted by Crippen LogP contribution is -2.09. The number of aryl methyl sites for hydroxylation is 1. The predicted octanol–water partition coefficient (Wildman–Crippen LogP) is 4.56. The lowest BCUT2D eigenvalue weighted by Gasteiger charge is -2.12. The van der Waals surface area contributed by atoms with Gasteiger partial charge in [0.15, 0.2) is 0 Å². The van der Waals surface area contributed by atoms with E-state index in [4.69, 9.17) is 4.98 Å². The van der Waals surface area contributed by atoms with Gasteiger partial charge in [0.05, 0.1) is 5.69 Å². The van der Waals surface area contributed by atoms with E-state index in [2.05, 4.69) is 57.5 Å². The average Bonchev–Trinajstić information content (AvgIpc) is 2.76. The molecule has 0 saturated heterocycles. The Kier molecular flexibility index (Phi) is 5.33. The van der Waals surface area contributed by atoms with Crippen LogP contribution in [-0.2, 0) is 6.42 Å². The predicted molar refractivity (Wildman–Crippen MR) is 112 cm³/mol. The number of aromatic nitrogens is 4. The van der Waals surface area contributed by atoms with Gasteiger partial charge in [-0.25, -0.2) is 9.97 Å². The zero-order valence-corrected chi connectivity index (χ0v) is 15.7. The first-order valence-electron chi connectivity index (χ1n) is 9.27. The summed E-state index contributed by atoms with van der Waals surface area (Å²) in [5.41, 5.74) is 6.41. The van der Waals surface area contributed by atoms with Crippen LogP contribution in [0.15, 0.2) is 79.5 Å². The van der Waals surface area contributed by atoms with E-state index in [-0.39, 0.29) is 0 Å². The van der Waals surface area contributed by atoms with Gasteiger partial charge in [-0.3, -0.25) is 9.97 Å². The SMILES string of the molecule is Cc1ccc(-c2nc(NCCc3cccnc3)ncc2-c2ccncc2)cc1. The molecule has 0 aliphatic carbocycles. The number of rotatable bonds is 6. The first kappa shape index (κ1) is 17.8. The van der Waals surface area contributed by atoms with Crippen LogP contribution >= 0.6 is 0 Å². The van der Waals surface area contributed by atoms with Crippen molar-refractivity contribution in [3.63, 3.8) is 0 Å². The van der Waals surface area contributed by atoms with Crippen LogP contribution in [0.1, 0.15) is 11.1 Å². The largest absolute Gasteiger partial charge is 0.354 e. The van der Waals surface area contributed by atoms with Gasteiger partial charge in [0, 0.05) is 48.7 Å². The third-order valence-electron chi connectivity index (χ3n) is 4.52. The molecule has 5 heteroatoms. The van der Waals surface area contributed by atoms with E-state index in [1.807, 2.05) is 30.6 Å². The lowest BCUT2D eigenvalue weighted by molar-refractivity contribution is 0.976. The van der Waals surface area contributed by atoms with Crippen molar-refractivity contribution in [1.82, 2.24) is 19.9 Å². The molecule has 1 aromatic carbocycles. The fourth-order valence-electron chi connectivity index (χ4n) is 3.01. The smallest absolute Gasteiger partial charge is 0.223 e. The Balaban J connectivity index is 1.62. The Labute approximate surface area is 164 Å². The monoisotopic (exact) mass is 367 g/mol. The fourth-order valence-corrected chi connectivity index (χ4v) is 3.01. The number of pyridine rings is 2. The minimum absolute atomic E-state index is 0.622. The van der Waals surface area contributed by atoms with E-state index in [1.54, 1.807) is 18.6 Å². The summed E-state index contributed by atoms with van der Waals surface area (Å²) in [4.78, 5) is 17.6. The van der Waals surface area contributed by atoms with Gasteiger partial charge in [-0.1, -0.05) is 35.9 Å². The molecule has 0 fully saturated rings. The van der Waals surface area contributed by atoms with E-state index < -0.39 is 0 Å². The number of nitrogens with one attached hydrogen (secondary N) is 1. The Morgan fingerprint density at radius 3 is 2.39 bits per heavy atom. The van der Waals surface area contributed by atoms with Crippen LogP contribution in [0.2, 0.25) is 0 Å². The lowest BCUT2D eigenvalue weighted by atomic mass is 10.0. The molecule has 28 heavy (non-hydrogen) atoms. The first-order valence-corrected chi connectivity index (χ1v) is 9.27. The zero-order chi connectivity index (χ0) is 19.2. The normalized spacial score (nSPS) is 10.6. The van der Waals surface area contributed by atoms with Gasteiger partial charge in [0.2, 0.25) is 5.95 Å². The third-order valence-corrected chi connectivity index (χ3v) is 4.52. The number of anilines is 1. The van der Waals surface area contributed by atoms with Gasteiger partial charge in [-0.05, 0) is 42.7 Å². The van der Waals surface area contributed by atoms with Crippen LogP contribution in [-0.4, -0.2) is 26.5 Å². The quantitative estimate of drug-likeness (QED) is 0.541. The van der Waals surface area contributed by atoms with Crippen molar-refractivity contribution in [1.29, 1.82) is 0 Å². The van der Waals surface area contributed by atoms with E-state index in [9.17, 15) is 0 Å². The highest BCUT2D eigenvalue weighted by Gasteiger charge is 2.11. The fraction of sp³-hybridized carbons (Fsp3) is 0.130. The molecule has 1 N–H and O–H groups in total. The first-order chi connectivity index (χ1) is 13.8. The Morgan fingerprint density at radius 2 is 1.64 bits per heavy atom. The van der Waals surface area contributed by atoms with Gasteiger partial charge < -0.3 is 5.32 Å². The standard InChI is InChI=1S/C23H21N5/c1-17-4-6-20(7-5-17)22-21(19-9-12-24-13-10-19)16-27-23(28-22)26-14-8-18-3-2-11-25-15-18/h2-7,9-13,15-16H,8,14H2,1H3,(H,26,27,28). The third kappa shape index (κ3) is 4.20. The molecule has 0 aliphatic heterocycles. The summed E-state index contributed by atoms with van der Waals surface area (Å²) >= 11 is 0. The van der Waals surface area contributed by atoms with Crippen molar-refractivity contribution in [2.24, 2.45) is 0 Å². The van der Waals surface area contributed by atoms with Crippen molar-refractivity contribution in [2.75, 3.05) is 11.9 Å². The molecule has 0 amide bonds. The number of nitrogens with zero attached hydrogens (tertiary/aromatic N) is 4. The van der Waals surface area contributed by atoms with Crippen LogP contribution in [0.25, 0.3) is 22.4 Å². The molecule has 0 unspecified atom stereocenters. The Hall–Kier alpha value is -3.60. The molecule has 0 spiro atoms. The molecule has 3 heterocycles. The van der Waals surface area contributed by atoms with E-state index in [0.29, 0.717) is 5.95 Å². The topological polar surface area (TPSA) is 63.6 Å². The van der Waals surface area contributed by atoms with Crippen molar-refractivity contribution >= 4 is 5.95 Å². The number of hydrogen-bond donors (Lipinski definition) is 1. The molecule has 4 rings (SSSR count). The van der Waals surface area contributed by atoms with Gasteiger partial charge in [-0.15, -0.1) is 0 Å². The minimum Gasteiger partial charge on any atom is -0.354 e. The molecule has 0 bridgehead atoms. The summed E-state index contributed by atoms with van der Waals surface area (Å²) in [7, 11) is 0.